The molecule has 1 aromatic carbocycles. The Balaban J connectivity index is 2.53. The molecule has 4 heteroatoms. The van der Waals surface area contributed by atoms with Crippen LogP contribution in [-0.2, 0) is 0 Å². The molecule has 2 nitrogen and oxygen atoms in total. The molecular formula is C9H7ClN2S. The van der Waals surface area contributed by atoms with Crippen LogP contribution in [0.2, 0.25) is 5.02 Å². The predicted molar refractivity (Wildman–Crippen MR) is 57.0 cm³/mol. The van der Waals surface area contributed by atoms with Gasteiger partial charge in [0.05, 0.1) is 5.02 Å². The molecule has 0 saturated heterocycles. The maximum atomic E-state index is 6.01. The van der Waals surface area contributed by atoms with E-state index in [2.05, 4.69) is 4.98 Å². The molecule has 0 atom stereocenters. The second-order valence-electron chi connectivity index (χ2n) is 2.58. The van der Waals surface area contributed by atoms with Gasteiger partial charge in [0.15, 0.2) is 0 Å². The van der Waals surface area contributed by atoms with Gasteiger partial charge in [-0.2, -0.15) is 0 Å². The van der Waals surface area contributed by atoms with Crippen molar-refractivity contribution in [2.24, 2.45) is 0 Å². The number of anilines is 1. The number of hydrogen-bond donors (Lipinski definition) is 1. The molecule has 1 aromatic heterocycles. The van der Waals surface area contributed by atoms with E-state index in [-0.39, 0.29) is 0 Å². The minimum Gasteiger partial charge on any atom is -0.399 e. The lowest BCUT2D eigenvalue weighted by Gasteiger charge is -2.00. The molecule has 13 heavy (non-hydrogen) atoms. The lowest BCUT2D eigenvalue weighted by molar-refractivity contribution is 1.41. The van der Waals surface area contributed by atoms with Gasteiger partial charge in [0.25, 0.3) is 0 Å². The molecular weight excluding hydrogens is 204 g/mol. The highest BCUT2D eigenvalue weighted by molar-refractivity contribution is 7.13. The van der Waals surface area contributed by atoms with Crippen molar-refractivity contribution in [3.05, 3.63) is 34.8 Å². The molecule has 0 aliphatic rings. The third kappa shape index (κ3) is 1.66. The molecule has 0 fully saturated rings. The zero-order valence-electron chi connectivity index (χ0n) is 6.70. The van der Waals surface area contributed by atoms with E-state index in [1.165, 1.54) is 0 Å². The van der Waals surface area contributed by atoms with Gasteiger partial charge in [-0.15, -0.1) is 11.3 Å². The summed E-state index contributed by atoms with van der Waals surface area (Å²) < 4.78 is 0. The smallest absolute Gasteiger partial charge is 0.124 e. The zero-order valence-corrected chi connectivity index (χ0v) is 8.27. The Kier molecular flexibility index (Phi) is 2.20. The van der Waals surface area contributed by atoms with Gasteiger partial charge in [-0.05, 0) is 18.2 Å². The monoisotopic (exact) mass is 210 g/mol. The number of halogens is 1. The zero-order chi connectivity index (χ0) is 9.26. The van der Waals surface area contributed by atoms with Gasteiger partial charge in [0.1, 0.15) is 5.01 Å². The molecule has 1 heterocycles. The fourth-order valence-corrected chi connectivity index (χ4v) is 2.07. The van der Waals surface area contributed by atoms with Gasteiger partial charge in [0.2, 0.25) is 0 Å². The van der Waals surface area contributed by atoms with Crippen LogP contribution in [0.15, 0.2) is 29.8 Å². The van der Waals surface area contributed by atoms with Crippen LogP contribution in [0.5, 0.6) is 0 Å². The highest BCUT2D eigenvalue weighted by atomic mass is 35.5. The second kappa shape index (κ2) is 3.36. The minimum atomic E-state index is 0.648. The molecule has 66 valence electrons. The van der Waals surface area contributed by atoms with Gasteiger partial charge >= 0.3 is 0 Å². The van der Waals surface area contributed by atoms with Crippen molar-refractivity contribution < 1.29 is 0 Å². The van der Waals surface area contributed by atoms with Crippen molar-refractivity contribution in [2.75, 3.05) is 5.73 Å². The maximum absolute atomic E-state index is 6.01. The summed E-state index contributed by atoms with van der Waals surface area (Å²) in [4.78, 5) is 4.17. The molecule has 0 spiro atoms. The minimum absolute atomic E-state index is 0.648. The molecule has 0 aliphatic heterocycles. The van der Waals surface area contributed by atoms with Crippen LogP contribution >= 0.6 is 22.9 Å². The van der Waals surface area contributed by atoms with E-state index in [1.54, 1.807) is 23.6 Å². The van der Waals surface area contributed by atoms with Crippen molar-refractivity contribution >= 4 is 28.6 Å². The quantitative estimate of drug-likeness (QED) is 0.735. The van der Waals surface area contributed by atoms with Crippen molar-refractivity contribution in [2.45, 2.75) is 0 Å². The number of nitrogens with two attached hydrogens (primary N) is 1. The fraction of sp³-hybridized carbons (Fsp3) is 0. The highest BCUT2D eigenvalue weighted by Crippen LogP contribution is 2.30. The van der Waals surface area contributed by atoms with Crippen LogP contribution in [0.3, 0.4) is 0 Å². The van der Waals surface area contributed by atoms with Gasteiger partial charge in [-0.1, -0.05) is 11.6 Å². The van der Waals surface area contributed by atoms with Crippen molar-refractivity contribution in [1.82, 2.24) is 4.98 Å². The number of benzene rings is 1. The van der Waals surface area contributed by atoms with E-state index in [4.69, 9.17) is 17.3 Å². The summed E-state index contributed by atoms with van der Waals surface area (Å²) in [7, 11) is 0. The number of thiazole rings is 1. The highest BCUT2D eigenvalue weighted by Gasteiger charge is 2.05. The molecule has 2 rings (SSSR count). The number of nitrogens with zero attached hydrogens (tertiary/aromatic N) is 1. The van der Waals surface area contributed by atoms with Gasteiger partial charge in [-0.25, -0.2) is 4.98 Å². The largest absolute Gasteiger partial charge is 0.399 e. The third-order valence-corrected chi connectivity index (χ3v) is 2.77. The normalized spacial score (nSPS) is 10.2. The summed E-state index contributed by atoms with van der Waals surface area (Å²) in [5.41, 5.74) is 7.19. The average molecular weight is 211 g/mol. The van der Waals surface area contributed by atoms with Crippen molar-refractivity contribution in [1.29, 1.82) is 0 Å². The summed E-state index contributed by atoms with van der Waals surface area (Å²) in [6, 6.07) is 5.44. The molecule has 2 N–H and O–H groups in total. The van der Waals surface area contributed by atoms with E-state index in [0.717, 1.165) is 10.6 Å². The number of rotatable bonds is 1. The first kappa shape index (κ1) is 8.53. The van der Waals surface area contributed by atoms with Crippen LogP contribution in [0.1, 0.15) is 0 Å². The first-order valence-corrected chi connectivity index (χ1v) is 4.98. The average Bonchev–Trinajstić information content (AvgIpc) is 2.56. The Morgan fingerprint density at radius 1 is 1.38 bits per heavy atom. The molecule has 0 saturated carbocycles. The number of nitrogen functional groups attached to an aromatic ring is 1. The molecule has 0 bridgehead atoms. The summed E-state index contributed by atoms with van der Waals surface area (Å²) in [6.45, 7) is 0. The molecule has 0 aliphatic carbocycles. The Labute approximate surface area is 85.0 Å². The predicted octanol–water partition coefficient (Wildman–Crippen LogP) is 3.05. The fourth-order valence-electron chi connectivity index (χ4n) is 1.06. The SMILES string of the molecule is Nc1ccc(-c2nccs2)c(Cl)c1. The van der Waals surface area contributed by atoms with Gasteiger partial charge < -0.3 is 5.73 Å². The van der Waals surface area contributed by atoms with E-state index >= 15 is 0 Å². The first-order valence-electron chi connectivity index (χ1n) is 3.72. The Hall–Kier alpha value is -1.06. The third-order valence-electron chi connectivity index (χ3n) is 1.66. The second-order valence-corrected chi connectivity index (χ2v) is 3.88. The molecule has 0 amide bonds. The number of hydrogen-bond acceptors (Lipinski definition) is 3. The van der Waals surface area contributed by atoms with Crippen LogP contribution < -0.4 is 5.73 Å². The van der Waals surface area contributed by atoms with Crippen LogP contribution in [-0.4, -0.2) is 4.98 Å². The van der Waals surface area contributed by atoms with Crippen molar-refractivity contribution in [3.63, 3.8) is 0 Å². The Bertz CT molecular complexity index is 412. The van der Waals surface area contributed by atoms with E-state index < -0.39 is 0 Å². The number of aromatic nitrogens is 1. The van der Waals surface area contributed by atoms with Crippen LogP contribution in [0.25, 0.3) is 10.6 Å². The Morgan fingerprint density at radius 2 is 2.23 bits per heavy atom. The van der Waals surface area contributed by atoms with E-state index in [0.29, 0.717) is 10.7 Å². The lowest BCUT2D eigenvalue weighted by Crippen LogP contribution is -1.85. The van der Waals surface area contributed by atoms with Crippen LogP contribution in [0, 0.1) is 0 Å². The summed E-state index contributed by atoms with van der Waals surface area (Å²) in [5, 5.41) is 3.49. The van der Waals surface area contributed by atoms with Gasteiger partial charge in [-0.3, -0.25) is 0 Å². The van der Waals surface area contributed by atoms with Crippen LogP contribution in [0.4, 0.5) is 5.69 Å². The van der Waals surface area contributed by atoms with Gasteiger partial charge in [0, 0.05) is 22.8 Å². The van der Waals surface area contributed by atoms with E-state index in [9.17, 15) is 0 Å². The molecule has 2 aromatic rings. The first-order chi connectivity index (χ1) is 6.27. The van der Waals surface area contributed by atoms with Crippen molar-refractivity contribution in [3.8, 4) is 10.6 Å². The summed E-state index contributed by atoms with van der Waals surface area (Å²) in [5.74, 6) is 0. The molecule has 0 radical (unpaired) electrons. The topological polar surface area (TPSA) is 38.9 Å². The summed E-state index contributed by atoms with van der Waals surface area (Å²) in [6.07, 6.45) is 1.76. The Morgan fingerprint density at radius 3 is 2.85 bits per heavy atom. The molecule has 0 unspecified atom stereocenters. The van der Waals surface area contributed by atoms with E-state index in [1.807, 2.05) is 17.5 Å². The maximum Gasteiger partial charge on any atom is 0.124 e. The lowest BCUT2D eigenvalue weighted by atomic mass is 10.2. The standard InChI is InChI=1S/C9H7ClN2S/c10-8-5-6(11)1-2-7(8)9-12-3-4-13-9/h1-5H,11H2. The summed E-state index contributed by atoms with van der Waals surface area (Å²) >= 11 is 7.57.